The zero-order chi connectivity index (χ0) is 13.0. The molecule has 0 radical (unpaired) electrons. The molecular weight excluding hydrogens is 239 g/mol. The molecule has 0 bridgehead atoms. The van der Waals surface area contributed by atoms with Gasteiger partial charge in [0, 0.05) is 26.6 Å². The topological polar surface area (TPSA) is 67.3 Å². The number of nitrogens with one attached hydrogen (secondary N) is 1. The van der Waals surface area contributed by atoms with Crippen molar-refractivity contribution in [3.63, 3.8) is 0 Å². The third kappa shape index (κ3) is 3.36. The van der Waals surface area contributed by atoms with Gasteiger partial charge in [0.25, 0.3) is 0 Å². The Bertz CT molecular complexity index is 412. The van der Waals surface area contributed by atoms with Crippen molar-refractivity contribution < 1.29 is 13.9 Å². The molecule has 2 rings (SSSR count). The third-order valence-electron chi connectivity index (χ3n) is 2.69. The number of nitrogens with zero attached hydrogens (tertiary/aromatic N) is 3. The monoisotopic (exact) mass is 254 g/mol. The van der Waals surface area contributed by atoms with E-state index in [1.54, 1.807) is 11.8 Å². The van der Waals surface area contributed by atoms with Crippen LogP contribution in [0.2, 0.25) is 0 Å². The van der Waals surface area contributed by atoms with Crippen molar-refractivity contribution in [1.29, 1.82) is 0 Å². The van der Waals surface area contributed by atoms with Crippen LogP contribution in [-0.4, -0.2) is 53.1 Å². The maximum atomic E-state index is 12.6. The highest BCUT2D eigenvalue weighted by molar-refractivity contribution is 5.73. The molecule has 1 aromatic rings. The second-order valence-corrected chi connectivity index (χ2v) is 4.06. The molecule has 0 spiro atoms. The van der Waals surface area contributed by atoms with E-state index >= 15 is 0 Å². The van der Waals surface area contributed by atoms with Gasteiger partial charge in [0.1, 0.15) is 0 Å². The molecule has 1 aliphatic heterocycles. The van der Waals surface area contributed by atoms with Crippen LogP contribution in [-0.2, 0) is 9.53 Å². The van der Waals surface area contributed by atoms with Crippen molar-refractivity contribution >= 4 is 11.9 Å². The Hall–Kier alpha value is -1.76. The van der Waals surface area contributed by atoms with E-state index in [2.05, 4.69) is 15.3 Å². The first-order valence-corrected chi connectivity index (χ1v) is 5.73. The highest BCUT2D eigenvalue weighted by Gasteiger charge is 2.21. The first kappa shape index (κ1) is 12.7. The summed E-state index contributed by atoms with van der Waals surface area (Å²) in [6.45, 7) is 3.72. The van der Waals surface area contributed by atoms with Crippen molar-refractivity contribution in [3.8, 4) is 0 Å². The van der Waals surface area contributed by atoms with E-state index in [1.165, 1.54) is 0 Å². The fraction of sp³-hybridized carbons (Fsp3) is 0.545. The molecular formula is C11H15FN4O2. The Morgan fingerprint density at radius 2 is 2.33 bits per heavy atom. The fourth-order valence-corrected chi connectivity index (χ4v) is 1.74. The van der Waals surface area contributed by atoms with Crippen molar-refractivity contribution in [2.45, 2.75) is 13.0 Å². The zero-order valence-corrected chi connectivity index (χ0v) is 10.1. The lowest BCUT2D eigenvalue weighted by Gasteiger charge is -2.32. The van der Waals surface area contributed by atoms with E-state index in [0.29, 0.717) is 32.2 Å². The number of hydrogen-bond acceptors (Lipinski definition) is 5. The number of aromatic nitrogens is 2. The zero-order valence-electron chi connectivity index (χ0n) is 10.1. The van der Waals surface area contributed by atoms with E-state index in [1.807, 2.05) is 0 Å². The van der Waals surface area contributed by atoms with Crippen LogP contribution in [0.5, 0.6) is 0 Å². The highest BCUT2D eigenvalue weighted by Crippen LogP contribution is 2.06. The Kier molecular flexibility index (Phi) is 4.03. The molecule has 1 saturated heterocycles. The summed E-state index contributed by atoms with van der Waals surface area (Å²) in [7, 11) is 0. The van der Waals surface area contributed by atoms with Gasteiger partial charge in [0.05, 0.1) is 25.1 Å². The van der Waals surface area contributed by atoms with Crippen molar-refractivity contribution in [3.05, 3.63) is 18.2 Å². The first-order valence-electron chi connectivity index (χ1n) is 5.73. The Morgan fingerprint density at radius 3 is 3.00 bits per heavy atom. The minimum absolute atomic E-state index is 0.0429. The molecule has 1 amide bonds. The minimum Gasteiger partial charge on any atom is -0.373 e. The van der Waals surface area contributed by atoms with Crippen LogP contribution in [0.25, 0.3) is 0 Å². The number of morpholine rings is 1. The van der Waals surface area contributed by atoms with Crippen molar-refractivity contribution in [2.75, 3.05) is 31.6 Å². The maximum Gasteiger partial charge on any atom is 0.222 e. The molecule has 7 heteroatoms. The summed E-state index contributed by atoms with van der Waals surface area (Å²) in [5.41, 5.74) is 0. The standard InChI is InChI=1S/C11H15FN4O2/c1-8(17)16-2-3-18-10(7-16)6-15-11-13-4-9(12)5-14-11/h4-5,10H,2-3,6-7H2,1H3,(H,13,14,15). The van der Waals surface area contributed by atoms with Gasteiger partial charge in [-0.25, -0.2) is 14.4 Å². The van der Waals surface area contributed by atoms with Gasteiger partial charge >= 0.3 is 0 Å². The minimum atomic E-state index is -0.475. The number of carbonyl (C=O) groups excluding carboxylic acids is 1. The maximum absolute atomic E-state index is 12.6. The molecule has 1 unspecified atom stereocenters. The molecule has 0 aliphatic carbocycles. The lowest BCUT2D eigenvalue weighted by molar-refractivity contribution is -0.135. The van der Waals surface area contributed by atoms with Gasteiger partial charge in [-0.15, -0.1) is 0 Å². The summed E-state index contributed by atoms with van der Waals surface area (Å²) in [4.78, 5) is 20.5. The van der Waals surface area contributed by atoms with Crippen LogP contribution in [0.1, 0.15) is 6.92 Å². The number of halogens is 1. The Labute approximate surface area is 104 Å². The fourth-order valence-electron chi connectivity index (χ4n) is 1.74. The molecule has 98 valence electrons. The molecule has 1 atom stereocenters. The summed E-state index contributed by atoms with van der Waals surface area (Å²) in [5.74, 6) is -0.0847. The number of ether oxygens (including phenoxy) is 1. The van der Waals surface area contributed by atoms with Gasteiger partial charge in [0.15, 0.2) is 5.82 Å². The third-order valence-corrected chi connectivity index (χ3v) is 2.69. The molecule has 1 aliphatic rings. The lowest BCUT2D eigenvalue weighted by Crippen LogP contribution is -2.47. The summed E-state index contributed by atoms with van der Waals surface area (Å²) >= 11 is 0. The Morgan fingerprint density at radius 1 is 1.61 bits per heavy atom. The predicted molar refractivity (Wildman–Crippen MR) is 62.5 cm³/mol. The smallest absolute Gasteiger partial charge is 0.222 e. The second kappa shape index (κ2) is 5.72. The van der Waals surface area contributed by atoms with Crippen LogP contribution in [0.15, 0.2) is 12.4 Å². The van der Waals surface area contributed by atoms with Crippen molar-refractivity contribution in [2.24, 2.45) is 0 Å². The van der Waals surface area contributed by atoms with Crippen LogP contribution in [0, 0.1) is 5.82 Å². The average molecular weight is 254 g/mol. The molecule has 6 nitrogen and oxygen atoms in total. The molecule has 1 aromatic heterocycles. The normalized spacial score (nSPS) is 19.7. The van der Waals surface area contributed by atoms with E-state index in [-0.39, 0.29) is 12.0 Å². The quantitative estimate of drug-likeness (QED) is 0.839. The predicted octanol–water partition coefficient (Wildman–Crippen LogP) is 0.275. The molecule has 0 saturated carbocycles. The van der Waals surface area contributed by atoms with Crippen molar-refractivity contribution in [1.82, 2.24) is 14.9 Å². The van der Waals surface area contributed by atoms with Gasteiger partial charge < -0.3 is 15.0 Å². The number of carbonyl (C=O) groups is 1. The van der Waals surface area contributed by atoms with Gasteiger partial charge in [-0.2, -0.15) is 0 Å². The number of hydrogen-bond donors (Lipinski definition) is 1. The largest absolute Gasteiger partial charge is 0.373 e. The number of amides is 1. The van der Waals surface area contributed by atoms with E-state index in [4.69, 9.17) is 4.74 Å². The molecule has 0 aromatic carbocycles. The van der Waals surface area contributed by atoms with Gasteiger partial charge in [-0.3, -0.25) is 4.79 Å². The van der Waals surface area contributed by atoms with Crippen LogP contribution < -0.4 is 5.32 Å². The van der Waals surface area contributed by atoms with E-state index < -0.39 is 5.82 Å². The average Bonchev–Trinajstić information content (AvgIpc) is 2.38. The number of anilines is 1. The summed E-state index contributed by atoms with van der Waals surface area (Å²) in [5, 5.41) is 2.95. The van der Waals surface area contributed by atoms with Gasteiger partial charge in [-0.1, -0.05) is 0 Å². The molecule has 1 fully saturated rings. The summed E-state index contributed by atoms with van der Waals surface area (Å²) in [6, 6.07) is 0. The summed E-state index contributed by atoms with van der Waals surface area (Å²) < 4.78 is 18.1. The number of rotatable bonds is 3. The van der Waals surface area contributed by atoms with E-state index in [9.17, 15) is 9.18 Å². The van der Waals surface area contributed by atoms with Gasteiger partial charge in [0.2, 0.25) is 11.9 Å². The van der Waals surface area contributed by atoms with Crippen LogP contribution >= 0.6 is 0 Å². The summed E-state index contributed by atoms with van der Waals surface area (Å²) in [6.07, 6.45) is 2.09. The SMILES string of the molecule is CC(=O)N1CCOC(CNc2ncc(F)cn2)C1. The second-order valence-electron chi connectivity index (χ2n) is 4.06. The van der Waals surface area contributed by atoms with Gasteiger partial charge in [-0.05, 0) is 0 Å². The van der Waals surface area contributed by atoms with Crippen LogP contribution in [0.3, 0.4) is 0 Å². The van der Waals surface area contributed by atoms with E-state index in [0.717, 1.165) is 12.4 Å². The molecule has 2 heterocycles. The molecule has 18 heavy (non-hydrogen) atoms. The molecule has 1 N–H and O–H groups in total. The van der Waals surface area contributed by atoms with Crippen LogP contribution in [0.4, 0.5) is 10.3 Å². The Balaban J connectivity index is 1.82. The lowest BCUT2D eigenvalue weighted by atomic mass is 10.2. The highest BCUT2D eigenvalue weighted by atomic mass is 19.1. The first-order chi connectivity index (χ1) is 8.65.